The zero-order valence-corrected chi connectivity index (χ0v) is 15.9. The number of esters is 1. The number of carbonyl (C=O) groups excluding carboxylic acids is 1. The highest BCUT2D eigenvalue weighted by molar-refractivity contribution is 5.88. The van der Waals surface area contributed by atoms with Gasteiger partial charge in [-0.3, -0.25) is 0 Å². The third-order valence-corrected chi connectivity index (χ3v) is 8.00. The summed E-state index contributed by atoms with van der Waals surface area (Å²) in [4.78, 5) is 12.0. The summed E-state index contributed by atoms with van der Waals surface area (Å²) < 4.78 is 4.96. The highest BCUT2D eigenvalue weighted by Crippen LogP contribution is 2.66. The van der Waals surface area contributed by atoms with Crippen LogP contribution in [0.15, 0.2) is 11.6 Å². The predicted molar refractivity (Wildman–Crippen MR) is 95.4 cm³/mol. The van der Waals surface area contributed by atoms with Crippen LogP contribution in [-0.4, -0.2) is 24.8 Å². The minimum absolute atomic E-state index is 0.0229. The maximum atomic E-state index is 12.0. The maximum absolute atomic E-state index is 12.0. The minimum Gasteiger partial charge on any atom is -0.466 e. The molecule has 1 unspecified atom stereocenters. The van der Waals surface area contributed by atoms with Crippen molar-refractivity contribution in [3.63, 3.8) is 0 Å². The average Bonchev–Trinajstić information content (AvgIpc) is 2.74. The molecule has 0 bridgehead atoms. The van der Waals surface area contributed by atoms with Gasteiger partial charge in [0.15, 0.2) is 0 Å². The summed E-state index contributed by atoms with van der Waals surface area (Å²) in [7, 11) is 1.46. The molecule has 0 aromatic heterocycles. The van der Waals surface area contributed by atoms with Gasteiger partial charge in [0.1, 0.15) is 0 Å². The van der Waals surface area contributed by atoms with E-state index in [4.69, 9.17) is 4.74 Å². The van der Waals surface area contributed by atoms with E-state index < -0.39 is 0 Å². The molecule has 0 spiro atoms. The van der Waals surface area contributed by atoms with Gasteiger partial charge in [-0.25, -0.2) is 4.79 Å². The van der Waals surface area contributed by atoms with Crippen LogP contribution in [0.4, 0.5) is 0 Å². The lowest BCUT2D eigenvalue weighted by atomic mass is 9.42. The molecule has 0 amide bonds. The van der Waals surface area contributed by atoms with Crippen molar-refractivity contribution in [3.8, 4) is 0 Å². The van der Waals surface area contributed by atoms with Crippen LogP contribution in [0.25, 0.3) is 0 Å². The van der Waals surface area contributed by atoms with E-state index in [-0.39, 0.29) is 23.4 Å². The quantitative estimate of drug-likeness (QED) is 0.757. The second-order valence-corrected chi connectivity index (χ2v) is 9.47. The molecule has 0 heterocycles. The summed E-state index contributed by atoms with van der Waals surface area (Å²) in [5.41, 5.74) is 1.45. The number of allylic oxidation sites excluding steroid dienone is 1. The molecule has 4 atom stereocenters. The zero-order valence-electron chi connectivity index (χ0n) is 15.9. The van der Waals surface area contributed by atoms with Crippen LogP contribution in [0.5, 0.6) is 0 Å². The molecule has 0 aliphatic heterocycles. The summed E-state index contributed by atoms with van der Waals surface area (Å²) in [5.74, 6) is 0.999. The summed E-state index contributed by atoms with van der Waals surface area (Å²) in [5, 5.41) is 10.4. The molecule has 0 aromatic carbocycles. The van der Waals surface area contributed by atoms with Gasteiger partial charge in [-0.2, -0.15) is 0 Å². The Labute approximate surface area is 146 Å². The van der Waals surface area contributed by atoms with Crippen molar-refractivity contribution in [1.82, 2.24) is 0 Å². The fourth-order valence-electron chi connectivity index (χ4n) is 6.76. The van der Waals surface area contributed by atoms with Gasteiger partial charge in [0, 0.05) is 12.2 Å². The summed E-state index contributed by atoms with van der Waals surface area (Å²) in [6.45, 7) is 7.60. The standard InChI is InChI=1S/C21H34O3/c1-19(2)10-5-11-20(3)16(19)9-13-21(14-22)12-8-15(18(23)24-4)6-7-17(20)21/h6,16-17,22H,5,7-14H2,1-4H3/t16?,17-,20+,21-/m1/s1. The molecule has 3 rings (SSSR count). The van der Waals surface area contributed by atoms with Crippen LogP contribution in [0.2, 0.25) is 0 Å². The van der Waals surface area contributed by atoms with Gasteiger partial charge in [-0.1, -0.05) is 33.3 Å². The SMILES string of the molecule is COC(=O)C1=CC[C@H]2[C@](CO)(CC1)CCC1C(C)(C)CCC[C@@]12C. The summed E-state index contributed by atoms with van der Waals surface area (Å²) in [6, 6.07) is 0. The van der Waals surface area contributed by atoms with Crippen molar-refractivity contribution in [2.45, 2.75) is 72.1 Å². The number of fused-ring (bicyclic) bond motifs is 3. The van der Waals surface area contributed by atoms with Gasteiger partial charge >= 0.3 is 5.97 Å². The van der Waals surface area contributed by atoms with Crippen molar-refractivity contribution in [1.29, 1.82) is 0 Å². The lowest BCUT2D eigenvalue weighted by molar-refractivity contribution is -0.148. The van der Waals surface area contributed by atoms with E-state index in [1.54, 1.807) is 0 Å². The molecule has 0 saturated heterocycles. The number of ether oxygens (including phenoxy) is 1. The second-order valence-electron chi connectivity index (χ2n) is 9.47. The Morgan fingerprint density at radius 3 is 2.62 bits per heavy atom. The summed E-state index contributed by atoms with van der Waals surface area (Å²) >= 11 is 0. The van der Waals surface area contributed by atoms with Crippen LogP contribution in [0.1, 0.15) is 72.1 Å². The van der Waals surface area contributed by atoms with E-state index in [2.05, 4.69) is 26.8 Å². The van der Waals surface area contributed by atoms with Crippen molar-refractivity contribution in [3.05, 3.63) is 11.6 Å². The number of rotatable bonds is 2. The number of hydrogen-bond donors (Lipinski definition) is 1. The zero-order chi connectivity index (χ0) is 17.6. The number of carbonyl (C=O) groups is 1. The Bertz CT molecular complexity index is 535. The fraction of sp³-hybridized carbons (Fsp3) is 0.857. The number of methoxy groups -OCH3 is 1. The monoisotopic (exact) mass is 334 g/mol. The molecule has 1 N–H and O–H groups in total. The average molecular weight is 335 g/mol. The van der Waals surface area contributed by atoms with E-state index >= 15 is 0 Å². The Morgan fingerprint density at radius 1 is 1.21 bits per heavy atom. The molecule has 136 valence electrons. The largest absolute Gasteiger partial charge is 0.466 e. The Kier molecular flexibility index (Phi) is 4.61. The van der Waals surface area contributed by atoms with Gasteiger partial charge in [-0.05, 0) is 73.0 Å². The molecule has 3 aliphatic carbocycles. The van der Waals surface area contributed by atoms with Crippen molar-refractivity contribution in [2.24, 2.45) is 28.1 Å². The smallest absolute Gasteiger partial charge is 0.333 e. The first-order valence-corrected chi connectivity index (χ1v) is 9.67. The highest BCUT2D eigenvalue weighted by Gasteiger charge is 2.59. The van der Waals surface area contributed by atoms with Gasteiger partial charge in [0.25, 0.3) is 0 Å². The molecule has 2 fully saturated rings. The number of hydrogen-bond acceptors (Lipinski definition) is 3. The van der Waals surface area contributed by atoms with Crippen LogP contribution < -0.4 is 0 Å². The van der Waals surface area contributed by atoms with E-state index in [1.165, 1.54) is 32.8 Å². The van der Waals surface area contributed by atoms with E-state index in [1.807, 2.05) is 0 Å². The molecule has 2 saturated carbocycles. The molecule has 0 aromatic rings. The highest BCUT2D eigenvalue weighted by atomic mass is 16.5. The van der Waals surface area contributed by atoms with Crippen LogP contribution >= 0.6 is 0 Å². The third kappa shape index (κ3) is 2.64. The molecular formula is C21H34O3. The Balaban J connectivity index is 1.98. The minimum atomic E-state index is -0.188. The van der Waals surface area contributed by atoms with Crippen LogP contribution in [0.3, 0.4) is 0 Å². The van der Waals surface area contributed by atoms with Crippen molar-refractivity contribution >= 4 is 5.97 Å². The molecule has 0 radical (unpaired) electrons. The van der Waals surface area contributed by atoms with Gasteiger partial charge in [0.05, 0.1) is 7.11 Å². The van der Waals surface area contributed by atoms with Crippen molar-refractivity contribution in [2.75, 3.05) is 13.7 Å². The van der Waals surface area contributed by atoms with Gasteiger partial charge in [0.2, 0.25) is 0 Å². The lowest BCUT2D eigenvalue weighted by Crippen LogP contribution is -2.56. The maximum Gasteiger partial charge on any atom is 0.333 e. The van der Waals surface area contributed by atoms with Gasteiger partial charge < -0.3 is 9.84 Å². The third-order valence-electron chi connectivity index (χ3n) is 8.00. The first-order chi connectivity index (χ1) is 11.3. The van der Waals surface area contributed by atoms with E-state index in [9.17, 15) is 9.90 Å². The Morgan fingerprint density at radius 2 is 1.96 bits per heavy atom. The Hall–Kier alpha value is -0.830. The molecule has 3 aliphatic rings. The van der Waals surface area contributed by atoms with Crippen LogP contribution in [0, 0.1) is 28.1 Å². The summed E-state index contributed by atoms with van der Waals surface area (Å²) in [6.07, 6.45) is 10.9. The topological polar surface area (TPSA) is 46.5 Å². The number of aliphatic hydroxyl groups is 1. The fourth-order valence-corrected chi connectivity index (χ4v) is 6.76. The predicted octanol–water partition coefficient (Wildman–Crippen LogP) is 4.49. The first kappa shape index (κ1) is 18.0. The normalized spacial score (nSPS) is 41.5. The molecule has 3 nitrogen and oxygen atoms in total. The molecule has 24 heavy (non-hydrogen) atoms. The van der Waals surface area contributed by atoms with Crippen LogP contribution in [-0.2, 0) is 9.53 Å². The lowest BCUT2D eigenvalue weighted by Gasteiger charge is -2.63. The number of aliphatic hydroxyl groups excluding tert-OH is 1. The van der Waals surface area contributed by atoms with E-state index in [0.717, 1.165) is 37.2 Å². The van der Waals surface area contributed by atoms with E-state index in [0.29, 0.717) is 11.3 Å². The van der Waals surface area contributed by atoms with Gasteiger partial charge in [-0.15, -0.1) is 0 Å². The second kappa shape index (κ2) is 6.16. The molecular weight excluding hydrogens is 300 g/mol. The van der Waals surface area contributed by atoms with Crippen molar-refractivity contribution < 1.29 is 14.6 Å². The first-order valence-electron chi connectivity index (χ1n) is 9.67. The molecule has 3 heteroatoms.